The van der Waals surface area contributed by atoms with Gasteiger partial charge in [0.1, 0.15) is 11.3 Å². The molecule has 1 atom stereocenters. The Balaban J connectivity index is 2.19. The Labute approximate surface area is 122 Å². The number of halogens is 2. The van der Waals surface area contributed by atoms with Gasteiger partial charge in [0.15, 0.2) is 11.0 Å². The number of rotatable bonds is 3. The van der Waals surface area contributed by atoms with Gasteiger partial charge in [-0.1, -0.05) is 30.1 Å². The molecule has 1 aliphatic rings. The molecule has 19 heavy (non-hydrogen) atoms. The molecule has 0 amide bonds. The predicted octanol–water partition coefficient (Wildman–Crippen LogP) is 2.17. The van der Waals surface area contributed by atoms with Crippen molar-refractivity contribution in [2.24, 2.45) is 5.92 Å². The van der Waals surface area contributed by atoms with Crippen LogP contribution in [-0.2, 0) is 10.2 Å². The molecule has 1 aromatic rings. The van der Waals surface area contributed by atoms with Crippen LogP contribution in [0.5, 0.6) is 0 Å². The zero-order valence-electron chi connectivity index (χ0n) is 10.3. The summed E-state index contributed by atoms with van der Waals surface area (Å²) in [7, 11) is -3.66. The van der Waals surface area contributed by atoms with Gasteiger partial charge in [0, 0.05) is 13.1 Å². The molecule has 106 valence electrons. The second-order valence-electron chi connectivity index (χ2n) is 4.54. The predicted molar refractivity (Wildman–Crippen MR) is 74.6 cm³/mol. The van der Waals surface area contributed by atoms with E-state index in [-0.39, 0.29) is 16.0 Å². The van der Waals surface area contributed by atoms with E-state index in [1.165, 1.54) is 4.31 Å². The topological polar surface area (TPSA) is 75.2 Å². The van der Waals surface area contributed by atoms with Crippen molar-refractivity contribution in [3.63, 3.8) is 0 Å². The molecule has 1 unspecified atom stereocenters. The van der Waals surface area contributed by atoms with Crippen molar-refractivity contribution in [1.82, 2.24) is 14.3 Å². The molecule has 1 aliphatic heterocycles. The lowest BCUT2D eigenvalue weighted by molar-refractivity contribution is 0.282. The first kappa shape index (κ1) is 14.8. The molecule has 1 N–H and O–H groups in total. The Kier molecular flexibility index (Phi) is 4.50. The second-order valence-corrected chi connectivity index (χ2v) is 6.95. The summed E-state index contributed by atoms with van der Waals surface area (Å²) in [6.45, 7) is 3.01. The van der Waals surface area contributed by atoms with E-state index >= 15 is 0 Å². The van der Waals surface area contributed by atoms with Crippen LogP contribution >= 0.6 is 23.2 Å². The highest BCUT2D eigenvalue weighted by molar-refractivity contribution is 7.90. The van der Waals surface area contributed by atoms with Crippen LogP contribution < -0.4 is 4.72 Å². The highest BCUT2D eigenvalue weighted by Gasteiger charge is 2.28. The summed E-state index contributed by atoms with van der Waals surface area (Å²) in [5.74, 6) is 0.342. The molecule has 2 heterocycles. The molecular weight excluding hydrogens is 311 g/mol. The average Bonchev–Trinajstić information content (AvgIpc) is 2.35. The quantitative estimate of drug-likeness (QED) is 0.864. The normalized spacial score (nSPS) is 21.3. The smallest absolute Gasteiger partial charge is 0.253 e. The van der Waals surface area contributed by atoms with Crippen LogP contribution in [0.15, 0.2) is 6.33 Å². The van der Waals surface area contributed by atoms with Gasteiger partial charge in [-0.2, -0.15) is 12.7 Å². The lowest BCUT2D eigenvalue weighted by Gasteiger charge is -2.30. The number of nitrogens with zero attached hydrogens (tertiary/aromatic N) is 3. The third kappa shape index (κ3) is 3.47. The van der Waals surface area contributed by atoms with Crippen LogP contribution in [0, 0.1) is 5.92 Å². The summed E-state index contributed by atoms with van der Waals surface area (Å²) in [4.78, 5) is 7.46. The Hall–Kier alpha value is -0.630. The average molecular weight is 325 g/mol. The van der Waals surface area contributed by atoms with E-state index in [1.807, 2.05) is 6.92 Å². The van der Waals surface area contributed by atoms with Gasteiger partial charge >= 0.3 is 10.2 Å². The van der Waals surface area contributed by atoms with Gasteiger partial charge in [0.2, 0.25) is 0 Å². The standard InChI is InChI=1S/C10H14Cl2N4O2S/c1-7-3-2-4-16(5-7)19(17,18)15-10-8(11)9(12)13-6-14-10/h6-7H,2-5H2,1H3,(H,13,14,15). The number of hydrogen-bond acceptors (Lipinski definition) is 4. The number of anilines is 1. The first-order valence-electron chi connectivity index (χ1n) is 5.84. The Morgan fingerprint density at radius 2 is 2.16 bits per heavy atom. The molecule has 6 nitrogen and oxygen atoms in total. The molecule has 0 aliphatic carbocycles. The largest absolute Gasteiger partial charge is 0.302 e. The van der Waals surface area contributed by atoms with Gasteiger partial charge in [0.05, 0.1) is 0 Å². The van der Waals surface area contributed by atoms with Gasteiger partial charge in [-0.15, -0.1) is 0 Å². The van der Waals surface area contributed by atoms with Crippen molar-refractivity contribution in [2.75, 3.05) is 17.8 Å². The number of hydrogen-bond donors (Lipinski definition) is 1. The van der Waals surface area contributed by atoms with E-state index in [9.17, 15) is 8.42 Å². The minimum Gasteiger partial charge on any atom is -0.253 e. The Bertz CT molecular complexity index is 567. The molecule has 9 heteroatoms. The molecule has 1 saturated heterocycles. The molecule has 0 aromatic carbocycles. The molecule has 1 fully saturated rings. The Morgan fingerprint density at radius 3 is 2.84 bits per heavy atom. The van der Waals surface area contributed by atoms with Crippen LogP contribution in [0.1, 0.15) is 19.8 Å². The number of piperidine rings is 1. The van der Waals surface area contributed by atoms with Crippen molar-refractivity contribution in [2.45, 2.75) is 19.8 Å². The molecule has 0 bridgehead atoms. The lowest BCUT2D eigenvalue weighted by Crippen LogP contribution is -2.42. The van der Waals surface area contributed by atoms with Crippen LogP contribution in [0.2, 0.25) is 10.2 Å². The van der Waals surface area contributed by atoms with Gasteiger partial charge in [-0.25, -0.2) is 9.97 Å². The fourth-order valence-corrected chi connectivity index (χ4v) is 3.65. The lowest BCUT2D eigenvalue weighted by atomic mass is 10.0. The summed E-state index contributed by atoms with van der Waals surface area (Å²) in [5, 5.41) is 0.0131. The summed E-state index contributed by atoms with van der Waals surface area (Å²) < 4.78 is 28.2. The Morgan fingerprint density at radius 1 is 1.42 bits per heavy atom. The van der Waals surface area contributed by atoms with E-state index in [1.54, 1.807) is 0 Å². The second kappa shape index (κ2) is 5.78. The first-order chi connectivity index (χ1) is 8.90. The monoisotopic (exact) mass is 324 g/mol. The van der Waals surface area contributed by atoms with Crippen molar-refractivity contribution in [1.29, 1.82) is 0 Å². The van der Waals surface area contributed by atoms with E-state index in [0.29, 0.717) is 19.0 Å². The zero-order chi connectivity index (χ0) is 14.0. The third-order valence-corrected chi connectivity index (χ3v) is 5.14. The number of nitrogens with one attached hydrogen (secondary N) is 1. The van der Waals surface area contributed by atoms with Crippen LogP contribution in [0.3, 0.4) is 0 Å². The van der Waals surface area contributed by atoms with Crippen molar-refractivity contribution in [3.8, 4) is 0 Å². The number of aromatic nitrogens is 2. The SMILES string of the molecule is CC1CCCN(S(=O)(=O)Nc2ncnc(Cl)c2Cl)C1. The first-order valence-corrected chi connectivity index (χ1v) is 8.03. The summed E-state index contributed by atoms with van der Waals surface area (Å²) in [6, 6.07) is 0. The molecule has 0 spiro atoms. The molecule has 1 aromatic heterocycles. The summed E-state index contributed by atoms with van der Waals surface area (Å²) in [5.41, 5.74) is 0. The fraction of sp³-hybridized carbons (Fsp3) is 0.600. The zero-order valence-corrected chi connectivity index (χ0v) is 12.6. The molecule has 2 rings (SSSR count). The highest BCUT2D eigenvalue weighted by Crippen LogP contribution is 2.27. The third-order valence-electron chi connectivity index (χ3n) is 2.93. The maximum atomic E-state index is 12.2. The fourth-order valence-electron chi connectivity index (χ4n) is 1.97. The van der Waals surface area contributed by atoms with Crippen LogP contribution in [0.25, 0.3) is 0 Å². The summed E-state index contributed by atoms with van der Waals surface area (Å²) >= 11 is 11.6. The maximum Gasteiger partial charge on any atom is 0.302 e. The molecular formula is C10H14Cl2N4O2S. The van der Waals surface area contributed by atoms with Crippen LogP contribution in [0.4, 0.5) is 5.82 Å². The van der Waals surface area contributed by atoms with Gasteiger partial charge in [-0.3, -0.25) is 4.72 Å². The van der Waals surface area contributed by atoms with Crippen LogP contribution in [-0.4, -0.2) is 35.8 Å². The molecule has 0 saturated carbocycles. The van der Waals surface area contributed by atoms with Gasteiger partial charge in [-0.05, 0) is 18.8 Å². The van der Waals surface area contributed by atoms with Crippen molar-refractivity contribution >= 4 is 39.2 Å². The molecule has 0 radical (unpaired) electrons. The van der Waals surface area contributed by atoms with Gasteiger partial charge in [0.25, 0.3) is 0 Å². The van der Waals surface area contributed by atoms with E-state index < -0.39 is 10.2 Å². The maximum absolute atomic E-state index is 12.2. The minimum absolute atomic E-state index is 0.0000989. The minimum atomic E-state index is -3.66. The summed E-state index contributed by atoms with van der Waals surface area (Å²) in [6.07, 6.45) is 3.04. The van der Waals surface area contributed by atoms with Crippen molar-refractivity contribution in [3.05, 3.63) is 16.5 Å². The van der Waals surface area contributed by atoms with E-state index in [4.69, 9.17) is 23.2 Å². The highest BCUT2D eigenvalue weighted by atomic mass is 35.5. The van der Waals surface area contributed by atoms with Crippen molar-refractivity contribution < 1.29 is 8.42 Å². The van der Waals surface area contributed by atoms with E-state index in [0.717, 1.165) is 19.2 Å². The van der Waals surface area contributed by atoms with E-state index in [2.05, 4.69) is 14.7 Å². The van der Waals surface area contributed by atoms with Gasteiger partial charge < -0.3 is 0 Å².